The molecule has 0 amide bonds. The van der Waals surface area contributed by atoms with Gasteiger partial charge in [-0.3, -0.25) is 4.90 Å². The maximum Gasteiger partial charge on any atom is 0.162 e. The molecule has 1 atom stereocenters. The van der Waals surface area contributed by atoms with Crippen molar-refractivity contribution in [3.8, 4) is 5.75 Å². The van der Waals surface area contributed by atoms with E-state index < -0.39 is 0 Å². The van der Waals surface area contributed by atoms with Gasteiger partial charge >= 0.3 is 0 Å². The highest BCUT2D eigenvalue weighted by Gasteiger charge is 2.39. The first-order valence-corrected chi connectivity index (χ1v) is 12.9. The summed E-state index contributed by atoms with van der Waals surface area (Å²) in [4.78, 5) is 2.28. The van der Waals surface area contributed by atoms with Crippen molar-refractivity contribution < 1.29 is 4.74 Å². The maximum atomic E-state index is 6.44. The number of hydrogen-bond donors (Lipinski definition) is 0. The number of nitrogens with zero attached hydrogens (tertiary/aromatic N) is 3. The van der Waals surface area contributed by atoms with Crippen LogP contribution >= 0.6 is 11.6 Å². The predicted molar refractivity (Wildman–Crippen MR) is 156 cm³/mol. The van der Waals surface area contributed by atoms with Crippen molar-refractivity contribution in [2.24, 2.45) is 5.10 Å². The topological polar surface area (TPSA) is 28.1 Å². The Bertz CT molecular complexity index is 1520. The van der Waals surface area contributed by atoms with Crippen molar-refractivity contribution in [3.63, 3.8) is 0 Å². The van der Waals surface area contributed by atoms with Gasteiger partial charge in [0.15, 0.2) is 12.0 Å². The molecule has 4 nitrogen and oxygen atoms in total. The number of hydrogen-bond acceptors (Lipinski definition) is 4. The Balaban J connectivity index is 1.47. The number of halogens is 1. The average molecular weight is 516 g/mol. The third-order valence-corrected chi connectivity index (χ3v) is 6.75. The normalized spacial score (nSPS) is 14.9. The van der Waals surface area contributed by atoms with Gasteiger partial charge in [-0.25, -0.2) is 5.01 Å². The van der Waals surface area contributed by atoms with E-state index in [1.54, 1.807) is 0 Å². The molecule has 38 heavy (non-hydrogen) atoms. The fourth-order valence-corrected chi connectivity index (χ4v) is 4.81. The smallest absolute Gasteiger partial charge is 0.162 e. The number of para-hydroxylation sites is 3. The molecule has 5 aromatic carbocycles. The molecule has 1 heterocycles. The molecule has 5 aromatic rings. The molecule has 1 aliphatic heterocycles. The molecule has 0 spiro atoms. The fraction of sp³-hybridized carbons (Fsp3) is 0.0606. The van der Waals surface area contributed by atoms with E-state index in [1.165, 1.54) is 0 Å². The lowest BCUT2D eigenvalue weighted by Gasteiger charge is -2.33. The largest absolute Gasteiger partial charge is 0.488 e. The second-order valence-corrected chi connectivity index (χ2v) is 9.44. The highest BCUT2D eigenvalue weighted by Crippen LogP contribution is 2.43. The van der Waals surface area contributed by atoms with E-state index in [0.717, 1.165) is 39.7 Å². The Labute approximate surface area is 228 Å². The first-order valence-electron chi connectivity index (χ1n) is 12.6. The summed E-state index contributed by atoms with van der Waals surface area (Å²) in [7, 11) is 0. The van der Waals surface area contributed by atoms with Gasteiger partial charge in [0.1, 0.15) is 12.4 Å². The fourth-order valence-electron chi connectivity index (χ4n) is 4.68. The van der Waals surface area contributed by atoms with Crippen LogP contribution in [0.15, 0.2) is 145 Å². The van der Waals surface area contributed by atoms with E-state index in [0.29, 0.717) is 11.6 Å². The summed E-state index contributed by atoms with van der Waals surface area (Å²) in [6.07, 6.45) is -0.267. The summed E-state index contributed by atoms with van der Waals surface area (Å²) in [5.41, 5.74) is 5.16. The zero-order chi connectivity index (χ0) is 25.7. The van der Waals surface area contributed by atoms with Crippen LogP contribution in [-0.2, 0) is 6.61 Å². The van der Waals surface area contributed by atoms with Gasteiger partial charge in [-0.15, -0.1) is 0 Å². The third kappa shape index (κ3) is 4.86. The minimum absolute atomic E-state index is 0.267. The summed E-state index contributed by atoms with van der Waals surface area (Å²) < 4.78 is 6.44. The lowest BCUT2D eigenvalue weighted by molar-refractivity contribution is 0.301. The van der Waals surface area contributed by atoms with Crippen LogP contribution in [0.3, 0.4) is 0 Å². The van der Waals surface area contributed by atoms with Gasteiger partial charge in [-0.05, 0) is 48.0 Å². The van der Waals surface area contributed by atoms with E-state index in [9.17, 15) is 0 Å². The molecule has 186 valence electrons. The Kier molecular flexibility index (Phi) is 6.79. The molecule has 0 saturated carbocycles. The Morgan fingerprint density at radius 1 is 0.632 bits per heavy atom. The molecule has 6 rings (SSSR count). The predicted octanol–water partition coefficient (Wildman–Crippen LogP) is 8.31. The van der Waals surface area contributed by atoms with Gasteiger partial charge in [0, 0.05) is 21.8 Å². The van der Waals surface area contributed by atoms with Crippen LogP contribution in [0.25, 0.3) is 0 Å². The second-order valence-electron chi connectivity index (χ2n) is 9.00. The van der Waals surface area contributed by atoms with Gasteiger partial charge in [-0.1, -0.05) is 109 Å². The van der Waals surface area contributed by atoms with E-state index in [-0.39, 0.29) is 6.17 Å². The van der Waals surface area contributed by atoms with Crippen LogP contribution < -0.4 is 14.6 Å². The summed E-state index contributed by atoms with van der Waals surface area (Å²) in [6.45, 7) is 0.434. The summed E-state index contributed by atoms with van der Waals surface area (Å²) in [5.74, 6) is 1.68. The molecule has 0 N–H and O–H groups in total. The molecule has 0 bridgehead atoms. The maximum absolute atomic E-state index is 6.44. The quantitative estimate of drug-likeness (QED) is 0.218. The first-order chi connectivity index (χ1) is 18.8. The monoisotopic (exact) mass is 515 g/mol. The summed E-state index contributed by atoms with van der Waals surface area (Å²) >= 11 is 6.09. The van der Waals surface area contributed by atoms with E-state index in [1.807, 2.05) is 78.9 Å². The van der Waals surface area contributed by atoms with Crippen molar-refractivity contribution in [3.05, 3.63) is 161 Å². The van der Waals surface area contributed by atoms with Gasteiger partial charge < -0.3 is 4.74 Å². The van der Waals surface area contributed by atoms with Crippen LogP contribution in [0, 0.1) is 0 Å². The third-order valence-electron chi connectivity index (χ3n) is 6.50. The minimum atomic E-state index is -0.267. The highest BCUT2D eigenvalue weighted by molar-refractivity contribution is 6.30. The van der Waals surface area contributed by atoms with Gasteiger partial charge in [0.2, 0.25) is 0 Å². The molecular formula is C33H26ClN3O. The molecule has 5 heteroatoms. The summed E-state index contributed by atoms with van der Waals surface area (Å²) in [5, 5.41) is 8.01. The standard InChI is InChI=1S/C33H26ClN3O/c34-27-22-20-25(21-23-27)24-38-31-19-11-10-18-30(31)33-36(28-14-6-2-7-15-28)32(26-12-4-1-5-13-26)35-37(33)29-16-8-3-9-17-29/h1-23,33H,24H2/t33-/m1/s1. The second kappa shape index (κ2) is 10.8. The SMILES string of the molecule is Clc1ccc(COc2ccccc2[C@H]2N(c3ccccc3)N=C(c3ccccc3)N2c2ccccc2)cc1. The Morgan fingerprint density at radius 3 is 1.89 bits per heavy atom. The zero-order valence-corrected chi connectivity index (χ0v) is 21.4. The van der Waals surface area contributed by atoms with E-state index in [2.05, 4.69) is 70.6 Å². The molecule has 0 saturated heterocycles. The summed E-state index contributed by atoms with van der Waals surface area (Å²) in [6, 6.07) is 47.0. The van der Waals surface area contributed by atoms with Crippen molar-refractivity contribution in [2.75, 3.05) is 9.91 Å². The van der Waals surface area contributed by atoms with Crippen molar-refractivity contribution >= 4 is 28.8 Å². The highest BCUT2D eigenvalue weighted by atomic mass is 35.5. The molecule has 0 aliphatic carbocycles. The number of rotatable bonds is 7. The van der Waals surface area contributed by atoms with Crippen molar-refractivity contribution in [1.29, 1.82) is 0 Å². The van der Waals surface area contributed by atoms with Crippen molar-refractivity contribution in [1.82, 2.24) is 0 Å². The average Bonchev–Trinajstić information content (AvgIpc) is 3.39. The molecule has 1 aliphatic rings. The number of anilines is 2. The van der Waals surface area contributed by atoms with Crippen LogP contribution in [0.5, 0.6) is 5.75 Å². The molecular weight excluding hydrogens is 490 g/mol. The van der Waals surface area contributed by atoms with Crippen LogP contribution in [0.4, 0.5) is 11.4 Å². The van der Waals surface area contributed by atoms with Gasteiger partial charge in [0.05, 0.1) is 5.69 Å². The van der Waals surface area contributed by atoms with Gasteiger partial charge in [0.25, 0.3) is 0 Å². The van der Waals surface area contributed by atoms with Crippen LogP contribution in [-0.4, -0.2) is 5.84 Å². The molecule has 0 fully saturated rings. The Hall–Kier alpha value is -4.54. The molecule has 0 unspecified atom stereocenters. The first kappa shape index (κ1) is 23.8. The molecule has 0 aromatic heterocycles. The number of hydrazone groups is 1. The van der Waals surface area contributed by atoms with Crippen LogP contribution in [0.2, 0.25) is 5.02 Å². The van der Waals surface area contributed by atoms with E-state index in [4.69, 9.17) is 21.4 Å². The Morgan fingerprint density at radius 2 is 1.21 bits per heavy atom. The van der Waals surface area contributed by atoms with E-state index >= 15 is 0 Å². The number of benzene rings is 5. The number of amidine groups is 1. The minimum Gasteiger partial charge on any atom is -0.488 e. The van der Waals surface area contributed by atoms with Gasteiger partial charge in [-0.2, -0.15) is 5.10 Å². The van der Waals surface area contributed by atoms with Crippen LogP contribution in [0.1, 0.15) is 22.9 Å². The lowest BCUT2D eigenvalue weighted by Crippen LogP contribution is -2.36. The number of ether oxygens (including phenoxy) is 1. The van der Waals surface area contributed by atoms with Crippen molar-refractivity contribution in [2.45, 2.75) is 12.8 Å². The lowest BCUT2D eigenvalue weighted by atomic mass is 10.1. The zero-order valence-electron chi connectivity index (χ0n) is 20.7. The molecule has 0 radical (unpaired) electrons.